The van der Waals surface area contributed by atoms with Crippen LogP contribution in [0, 0.1) is 0 Å². The average molecular weight is 329 g/mol. The van der Waals surface area contributed by atoms with Crippen molar-refractivity contribution in [3.8, 4) is 0 Å². The van der Waals surface area contributed by atoms with E-state index in [1.54, 1.807) is 17.8 Å². The Morgan fingerprint density at radius 2 is 2.24 bits per heavy atom. The highest BCUT2D eigenvalue weighted by Crippen LogP contribution is 2.29. The van der Waals surface area contributed by atoms with E-state index in [-0.39, 0.29) is 10.5 Å². The van der Waals surface area contributed by atoms with Gasteiger partial charge in [-0.15, -0.1) is 0 Å². The fraction of sp³-hybridized carbons (Fsp3) is 0.385. The Morgan fingerprint density at radius 3 is 2.86 bits per heavy atom. The number of amides is 1. The number of hydrogen-bond acceptors (Lipinski definition) is 6. The molecule has 1 atom stereocenters. The maximum Gasteiger partial charge on any atom is 0.413 e. The number of nitrogens with two attached hydrogens (primary N) is 1. The molecular weight excluding hydrogens is 310 g/mol. The van der Waals surface area contributed by atoms with Gasteiger partial charge in [-0.1, -0.05) is 11.8 Å². The van der Waals surface area contributed by atoms with Gasteiger partial charge in [0.05, 0.1) is 18.5 Å². The minimum atomic E-state index is -0.637. The largest absolute Gasteiger partial charge is 0.453 e. The number of anilines is 2. The van der Waals surface area contributed by atoms with Crippen molar-refractivity contribution in [1.29, 1.82) is 0 Å². The number of carbonyl (C=O) groups excluding carboxylic acids is 1. The zero-order chi connectivity index (χ0) is 15.8. The van der Waals surface area contributed by atoms with Crippen LogP contribution in [0.15, 0.2) is 23.1 Å². The maximum atomic E-state index is 11.1. The van der Waals surface area contributed by atoms with Gasteiger partial charge in [-0.2, -0.15) is 0 Å². The zero-order valence-electron chi connectivity index (χ0n) is 12.1. The van der Waals surface area contributed by atoms with Crippen molar-refractivity contribution in [1.82, 2.24) is 5.32 Å². The van der Waals surface area contributed by atoms with E-state index in [1.807, 2.05) is 26.0 Å². The first-order valence-corrected chi connectivity index (χ1v) is 7.58. The summed E-state index contributed by atoms with van der Waals surface area (Å²) in [5.41, 5.74) is 7.06. The van der Waals surface area contributed by atoms with Crippen molar-refractivity contribution < 1.29 is 14.3 Å². The van der Waals surface area contributed by atoms with E-state index >= 15 is 0 Å². The highest BCUT2D eigenvalue weighted by Gasteiger charge is 2.09. The molecule has 21 heavy (non-hydrogen) atoms. The van der Waals surface area contributed by atoms with Crippen LogP contribution in [-0.4, -0.2) is 30.4 Å². The number of alkyl carbamates (subject to hydrolysis) is 1. The lowest BCUT2D eigenvalue weighted by Gasteiger charge is -2.14. The Labute approximate surface area is 133 Å². The summed E-state index contributed by atoms with van der Waals surface area (Å²) in [6.45, 7) is 4.58. The molecule has 116 valence electrons. The standard InChI is InChI=1S/C13H19N3O3S2/c1-4-19-8(2)21-9-5-6-10(14)11(7-9)15-12(20)16-13(17)18-3/h5-8H,4,14H2,1-3H3,(H2,15,16,17,20). The third kappa shape index (κ3) is 6.19. The van der Waals surface area contributed by atoms with Gasteiger partial charge in [0, 0.05) is 11.5 Å². The van der Waals surface area contributed by atoms with E-state index in [1.165, 1.54) is 7.11 Å². The van der Waals surface area contributed by atoms with E-state index in [0.29, 0.717) is 18.0 Å². The molecule has 0 aromatic heterocycles. The summed E-state index contributed by atoms with van der Waals surface area (Å²) in [5, 5.41) is 5.34. The summed E-state index contributed by atoms with van der Waals surface area (Å²) < 4.78 is 9.94. The van der Waals surface area contributed by atoms with Gasteiger partial charge in [0.2, 0.25) is 0 Å². The highest BCUT2D eigenvalue weighted by atomic mass is 32.2. The first-order valence-electron chi connectivity index (χ1n) is 6.30. The molecule has 1 amide bonds. The Hall–Kier alpha value is -1.51. The molecule has 1 rings (SSSR count). The summed E-state index contributed by atoms with van der Waals surface area (Å²) in [6, 6.07) is 5.52. The van der Waals surface area contributed by atoms with Crippen LogP contribution < -0.4 is 16.4 Å². The topological polar surface area (TPSA) is 85.6 Å². The van der Waals surface area contributed by atoms with Crippen molar-refractivity contribution >= 4 is 46.6 Å². The number of ether oxygens (including phenoxy) is 2. The molecule has 0 aliphatic carbocycles. The third-order valence-electron chi connectivity index (χ3n) is 2.38. The van der Waals surface area contributed by atoms with Crippen LogP contribution in [0.5, 0.6) is 0 Å². The van der Waals surface area contributed by atoms with Gasteiger partial charge in [0.15, 0.2) is 5.11 Å². The number of carbonyl (C=O) groups is 1. The normalized spacial score (nSPS) is 11.6. The summed E-state index contributed by atoms with van der Waals surface area (Å²) in [4.78, 5) is 12.0. The van der Waals surface area contributed by atoms with Crippen molar-refractivity contribution in [2.24, 2.45) is 0 Å². The number of hydrogen-bond donors (Lipinski definition) is 3. The lowest BCUT2D eigenvalue weighted by molar-refractivity contribution is 0.137. The lowest BCUT2D eigenvalue weighted by atomic mass is 10.3. The van der Waals surface area contributed by atoms with Crippen LogP contribution in [0.4, 0.5) is 16.2 Å². The van der Waals surface area contributed by atoms with Crippen molar-refractivity contribution in [3.05, 3.63) is 18.2 Å². The molecule has 1 aromatic carbocycles. The SMILES string of the molecule is CCOC(C)Sc1ccc(N)c(NC(=S)NC(=O)OC)c1. The van der Waals surface area contributed by atoms with Gasteiger partial charge in [-0.3, -0.25) is 5.32 Å². The molecule has 4 N–H and O–H groups in total. The quantitative estimate of drug-likeness (QED) is 0.331. The summed E-state index contributed by atoms with van der Waals surface area (Å²) in [7, 11) is 1.26. The van der Waals surface area contributed by atoms with Gasteiger partial charge in [-0.05, 0) is 44.3 Å². The van der Waals surface area contributed by atoms with Gasteiger partial charge >= 0.3 is 6.09 Å². The minimum absolute atomic E-state index is 0.0339. The molecule has 0 radical (unpaired) electrons. The molecule has 0 saturated carbocycles. The van der Waals surface area contributed by atoms with Crippen LogP contribution in [0.1, 0.15) is 13.8 Å². The van der Waals surface area contributed by atoms with E-state index in [2.05, 4.69) is 15.4 Å². The number of rotatable bonds is 5. The van der Waals surface area contributed by atoms with Crippen molar-refractivity contribution in [3.63, 3.8) is 0 Å². The van der Waals surface area contributed by atoms with Crippen LogP contribution in [0.3, 0.4) is 0 Å². The molecule has 0 fully saturated rings. The van der Waals surface area contributed by atoms with E-state index in [9.17, 15) is 4.79 Å². The molecule has 1 unspecified atom stereocenters. The molecule has 1 aromatic rings. The minimum Gasteiger partial charge on any atom is -0.453 e. The molecule has 0 heterocycles. The van der Waals surface area contributed by atoms with Crippen LogP contribution in [-0.2, 0) is 9.47 Å². The highest BCUT2D eigenvalue weighted by molar-refractivity contribution is 7.99. The Balaban J connectivity index is 2.73. The second-order valence-corrected chi connectivity index (χ2v) is 5.74. The van der Waals surface area contributed by atoms with Crippen molar-refractivity contribution in [2.45, 2.75) is 24.2 Å². The Morgan fingerprint density at radius 1 is 1.52 bits per heavy atom. The van der Waals surface area contributed by atoms with Crippen LogP contribution >= 0.6 is 24.0 Å². The second kappa shape index (κ2) is 8.71. The molecule has 0 aliphatic rings. The molecule has 0 saturated heterocycles. The first-order chi connectivity index (χ1) is 9.96. The van der Waals surface area contributed by atoms with Gasteiger partial charge in [-0.25, -0.2) is 4.79 Å². The van der Waals surface area contributed by atoms with Gasteiger partial charge in [0.25, 0.3) is 0 Å². The summed E-state index contributed by atoms with van der Waals surface area (Å²) >= 11 is 6.56. The fourth-order valence-electron chi connectivity index (χ4n) is 1.47. The van der Waals surface area contributed by atoms with Crippen LogP contribution in [0.2, 0.25) is 0 Å². The number of nitrogens with one attached hydrogen (secondary N) is 2. The molecule has 8 heteroatoms. The lowest BCUT2D eigenvalue weighted by Crippen LogP contribution is -2.34. The number of methoxy groups -OCH3 is 1. The van der Waals surface area contributed by atoms with E-state index < -0.39 is 6.09 Å². The third-order valence-corrected chi connectivity index (χ3v) is 3.58. The predicted octanol–water partition coefficient (Wildman–Crippen LogP) is 2.80. The van der Waals surface area contributed by atoms with Crippen molar-refractivity contribution in [2.75, 3.05) is 24.8 Å². The number of nitrogen functional groups attached to an aromatic ring is 1. The smallest absolute Gasteiger partial charge is 0.413 e. The number of thioether (sulfide) groups is 1. The number of thiocarbonyl (C=S) groups is 1. The molecular formula is C13H19N3O3S2. The average Bonchev–Trinajstić information content (AvgIpc) is 2.42. The molecule has 0 aliphatic heterocycles. The van der Waals surface area contributed by atoms with E-state index in [4.69, 9.17) is 22.7 Å². The predicted molar refractivity (Wildman–Crippen MR) is 89.6 cm³/mol. The van der Waals surface area contributed by atoms with E-state index in [0.717, 1.165) is 4.90 Å². The maximum absolute atomic E-state index is 11.1. The molecule has 6 nitrogen and oxygen atoms in total. The van der Waals surface area contributed by atoms with Gasteiger partial charge in [0.1, 0.15) is 5.44 Å². The Kier molecular flexibility index (Phi) is 7.27. The monoisotopic (exact) mass is 329 g/mol. The zero-order valence-corrected chi connectivity index (χ0v) is 13.8. The second-order valence-electron chi connectivity index (χ2n) is 3.96. The number of benzene rings is 1. The Bertz CT molecular complexity index is 511. The molecule has 0 bridgehead atoms. The first kappa shape index (κ1) is 17.5. The molecule has 0 spiro atoms. The van der Waals surface area contributed by atoms with Crippen LogP contribution in [0.25, 0.3) is 0 Å². The van der Waals surface area contributed by atoms with Gasteiger partial charge < -0.3 is 20.5 Å². The fourth-order valence-corrected chi connectivity index (χ4v) is 2.59. The summed E-state index contributed by atoms with van der Waals surface area (Å²) in [5.74, 6) is 0. The summed E-state index contributed by atoms with van der Waals surface area (Å²) in [6.07, 6.45) is -0.637.